The lowest BCUT2D eigenvalue weighted by Crippen LogP contribution is -2.61. The Bertz CT molecular complexity index is 3180. The molecule has 0 spiro atoms. The van der Waals surface area contributed by atoms with Gasteiger partial charge in [0.1, 0.15) is 0 Å². The van der Waals surface area contributed by atoms with Gasteiger partial charge in [-0.15, -0.1) is 0 Å². The van der Waals surface area contributed by atoms with Gasteiger partial charge in [0.15, 0.2) is 0 Å². The summed E-state index contributed by atoms with van der Waals surface area (Å²) < 4.78 is 0. The highest BCUT2D eigenvalue weighted by Crippen LogP contribution is 2.61. The third-order valence-corrected chi connectivity index (χ3v) is 17.1. The first-order chi connectivity index (χ1) is 31.4. The molecule has 3 nitrogen and oxygen atoms in total. The molecule has 0 saturated heterocycles. The predicted octanol–water partition coefficient (Wildman–Crippen LogP) is 14.7. The van der Waals surface area contributed by atoms with Crippen LogP contribution in [0.25, 0.3) is 11.1 Å². The summed E-state index contributed by atoms with van der Waals surface area (Å²) in [5.74, 6) is 0. The second-order valence-corrected chi connectivity index (χ2v) is 23.5. The molecule has 66 heavy (non-hydrogen) atoms. The molecule has 0 bridgehead atoms. The average Bonchev–Trinajstić information content (AvgIpc) is 3.64. The van der Waals surface area contributed by atoms with Crippen molar-refractivity contribution in [1.82, 2.24) is 0 Å². The Morgan fingerprint density at radius 1 is 0.470 bits per heavy atom. The average molecular weight is 862 g/mol. The molecule has 7 aromatic carbocycles. The first-order valence-corrected chi connectivity index (χ1v) is 24.7. The first-order valence-electron chi connectivity index (χ1n) is 24.7. The van der Waals surface area contributed by atoms with Gasteiger partial charge in [0.2, 0.25) is 0 Å². The smallest absolute Gasteiger partial charge is 0.252 e. The molecule has 3 heterocycles. The highest BCUT2D eigenvalue weighted by Gasteiger charge is 2.58. The van der Waals surface area contributed by atoms with Gasteiger partial charge in [0, 0.05) is 56.3 Å². The molecule has 7 aromatic rings. The van der Waals surface area contributed by atoms with Gasteiger partial charge in [-0.2, -0.15) is 0 Å². The Kier molecular flexibility index (Phi) is 8.65. The summed E-state index contributed by atoms with van der Waals surface area (Å²) in [7, 11) is 0. The normalized spacial score (nSPS) is 20.8. The van der Waals surface area contributed by atoms with E-state index in [2.05, 4.69) is 230 Å². The van der Waals surface area contributed by atoms with Crippen LogP contribution in [0.5, 0.6) is 0 Å². The van der Waals surface area contributed by atoms with Crippen molar-refractivity contribution in [2.75, 3.05) is 14.7 Å². The second-order valence-electron chi connectivity index (χ2n) is 23.5. The Morgan fingerprint density at radius 2 is 1.06 bits per heavy atom. The minimum Gasteiger partial charge on any atom is -0.334 e. The quantitative estimate of drug-likeness (QED) is 0.164. The topological polar surface area (TPSA) is 9.72 Å². The Labute approximate surface area is 394 Å². The van der Waals surface area contributed by atoms with Crippen LogP contribution < -0.4 is 31.1 Å². The number of anilines is 8. The van der Waals surface area contributed by atoms with Crippen LogP contribution in [0, 0.1) is 6.92 Å². The predicted molar refractivity (Wildman–Crippen MR) is 283 cm³/mol. The summed E-state index contributed by atoms with van der Waals surface area (Å²) in [5, 5.41) is 0. The molecule has 1 fully saturated rings. The maximum atomic E-state index is 2.76. The second kappa shape index (κ2) is 13.8. The van der Waals surface area contributed by atoms with Gasteiger partial charge in [-0.3, -0.25) is 0 Å². The van der Waals surface area contributed by atoms with Crippen LogP contribution in [0.1, 0.15) is 128 Å². The molecule has 5 aliphatic rings. The maximum absolute atomic E-state index is 2.76. The van der Waals surface area contributed by atoms with Gasteiger partial charge in [-0.25, -0.2) is 0 Å². The number of rotatable bonds is 3. The molecule has 0 N–H and O–H groups in total. The van der Waals surface area contributed by atoms with E-state index in [0.29, 0.717) is 0 Å². The summed E-state index contributed by atoms with van der Waals surface area (Å²) in [6, 6.07) is 55.0. The fourth-order valence-corrected chi connectivity index (χ4v) is 13.3. The van der Waals surface area contributed by atoms with Crippen molar-refractivity contribution >= 4 is 68.6 Å². The summed E-state index contributed by atoms with van der Waals surface area (Å²) in [5.41, 5.74) is 25.1. The molecular weight excluding hydrogens is 798 g/mol. The molecule has 0 amide bonds. The van der Waals surface area contributed by atoms with Crippen molar-refractivity contribution < 1.29 is 0 Å². The van der Waals surface area contributed by atoms with Crippen LogP contribution in [-0.4, -0.2) is 12.3 Å². The van der Waals surface area contributed by atoms with Crippen LogP contribution in [0.3, 0.4) is 0 Å². The fraction of sp³-hybridized carbons (Fsp3) is 0.323. The van der Waals surface area contributed by atoms with Crippen molar-refractivity contribution in [2.24, 2.45) is 0 Å². The van der Waals surface area contributed by atoms with E-state index in [0.717, 1.165) is 0 Å². The van der Waals surface area contributed by atoms with Crippen molar-refractivity contribution in [3.63, 3.8) is 0 Å². The Balaban J connectivity index is 1.15. The largest absolute Gasteiger partial charge is 0.334 e. The van der Waals surface area contributed by atoms with E-state index in [1.807, 2.05) is 0 Å². The molecule has 2 atom stereocenters. The molecule has 2 unspecified atom stereocenters. The molecule has 0 aromatic heterocycles. The monoisotopic (exact) mass is 862 g/mol. The number of fused-ring (bicyclic) bond motifs is 10. The van der Waals surface area contributed by atoms with E-state index in [1.165, 1.54) is 132 Å². The van der Waals surface area contributed by atoms with E-state index in [9.17, 15) is 0 Å². The highest BCUT2D eigenvalue weighted by molar-refractivity contribution is 7.00. The number of nitrogens with zero attached hydrogens (tertiary/aromatic N) is 3. The van der Waals surface area contributed by atoms with Crippen molar-refractivity contribution in [2.45, 2.75) is 129 Å². The molecule has 1 saturated carbocycles. The van der Waals surface area contributed by atoms with Gasteiger partial charge in [0.25, 0.3) is 6.71 Å². The van der Waals surface area contributed by atoms with E-state index in [1.54, 1.807) is 0 Å². The Morgan fingerprint density at radius 3 is 1.79 bits per heavy atom. The summed E-state index contributed by atoms with van der Waals surface area (Å²) in [6.45, 7) is 26.2. The number of benzene rings is 7. The van der Waals surface area contributed by atoms with Crippen molar-refractivity contribution in [3.8, 4) is 11.1 Å². The standard InChI is InChI=1S/C62H64BN3/c1-39-33-55-57-56(34-39)65(43-26-28-48-46(37-43)45-21-12-13-22-47(45)60(48,8)9)54-38-44(66-52-24-15-14-23-49(52)61(10)31-16-17-32-62(61,66)11)27-30-51(54)63(57)50-29-25-41(59(5,6)7)36-53(50)64(55)42-20-18-19-40(35-42)58(2,3)4/h12-15,18-30,33-38H,16-17,31-32H2,1-11H3. The molecule has 4 heteroatoms. The molecule has 330 valence electrons. The van der Waals surface area contributed by atoms with Gasteiger partial charge >= 0.3 is 0 Å². The zero-order chi connectivity index (χ0) is 45.9. The van der Waals surface area contributed by atoms with E-state index >= 15 is 0 Å². The van der Waals surface area contributed by atoms with E-state index in [-0.39, 0.29) is 33.9 Å². The van der Waals surface area contributed by atoms with Crippen LogP contribution in [0.4, 0.5) is 45.5 Å². The van der Waals surface area contributed by atoms with Gasteiger partial charge in [0.05, 0.1) is 5.54 Å². The van der Waals surface area contributed by atoms with Crippen LogP contribution in [0.15, 0.2) is 140 Å². The SMILES string of the molecule is Cc1cc2c3c(c1)N(c1cccc(C(C)(C)C)c1)c1cc(C(C)(C)C)ccc1B3c1ccc(N3c4ccccc4C4(C)CCCCC34C)cc1N2c1ccc2c(c1)-c1ccccc1C2(C)C. The minimum absolute atomic E-state index is 0.00659. The lowest BCUT2D eigenvalue weighted by molar-refractivity contribution is 0.195. The first kappa shape index (κ1) is 41.4. The maximum Gasteiger partial charge on any atom is 0.252 e. The van der Waals surface area contributed by atoms with Crippen molar-refractivity contribution in [3.05, 3.63) is 173 Å². The molecule has 2 aliphatic carbocycles. The van der Waals surface area contributed by atoms with Gasteiger partial charge in [-0.05, 0) is 159 Å². The summed E-state index contributed by atoms with van der Waals surface area (Å²) in [4.78, 5) is 8.01. The fourth-order valence-electron chi connectivity index (χ4n) is 13.3. The molecule has 0 radical (unpaired) electrons. The van der Waals surface area contributed by atoms with Gasteiger partial charge < -0.3 is 14.7 Å². The third kappa shape index (κ3) is 5.63. The summed E-state index contributed by atoms with van der Waals surface area (Å²) in [6.07, 6.45) is 4.91. The summed E-state index contributed by atoms with van der Waals surface area (Å²) >= 11 is 0. The van der Waals surface area contributed by atoms with Crippen molar-refractivity contribution in [1.29, 1.82) is 0 Å². The van der Waals surface area contributed by atoms with E-state index in [4.69, 9.17) is 0 Å². The van der Waals surface area contributed by atoms with Crippen LogP contribution >= 0.6 is 0 Å². The lowest BCUT2D eigenvalue weighted by Gasteiger charge is -2.50. The van der Waals surface area contributed by atoms with Crippen LogP contribution in [-0.2, 0) is 21.7 Å². The number of hydrogen-bond donors (Lipinski definition) is 0. The molecule has 12 rings (SSSR count). The Hall–Kier alpha value is -6.00. The third-order valence-electron chi connectivity index (χ3n) is 17.1. The van der Waals surface area contributed by atoms with Gasteiger partial charge in [-0.1, -0.05) is 154 Å². The van der Waals surface area contributed by atoms with E-state index < -0.39 is 0 Å². The zero-order valence-corrected chi connectivity index (χ0v) is 41.0. The number of aryl methyl sites for hydroxylation is 1. The molecular formula is C62H64BN3. The lowest BCUT2D eigenvalue weighted by atomic mass is 9.33. The van der Waals surface area contributed by atoms with Crippen LogP contribution in [0.2, 0.25) is 0 Å². The highest BCUT2D eigenvalue weighted by atomic mass is 15.3. The number of hydrogen-bond acceptors (Lipinski definition) is 3. The zero-order valence-electron chi connectivity index (χ0n) is 41.0. The minimum atomic E-state index is -0.0754. The number of para-hydroxylation sites is 1. The molecule has 3 aliphatic heterocycles.